The monoisotopic (exact) mass is 298 g/mol. The molecule has 0 fully saturated rings. The fourth-order valence-corrected chi connectivity index (χ4v) is 1.68. The van der Waals surface area contributed by atoms with Gasteiger partial charge in [0.1, 0.15) is 12.7 Å². The largest absolute Gasteiger partial charge is 0.455 e. The van der Waals surface area contributed by atoms with Crippen LogP contribution in [-0.4, -0.2) is 30.4 Å². The van der Waals surface area contributed by atoms with Gasteiger partial charge in [0.25, 0.3) is 0 Å². The average Bonchev–Trinajstić information content (AvgIpc) is 2.25. The van der Waals surface area contributed by atoms with Crippen LogP contribution in [0.25, 0.3) is 0 Å². The summed E-state index contributed by atoms with van der Waals surface area (Å²) in [6, 6.07) is 5.07. The zero-order valence-electron chi connectivity index (χ0n) is 11.0. The van der Waals surface area contributed by atoms with Crippen molar-refractivity contribution >= 4 is 0 Å². The minimum Gasteiger partial charge on any atom is -0.386 e. The number of ether oxygens (including phenoxy) is 1. The van der Waals surface area contributed by atoms with E-state index in [1.165, 1.54) is 0 Å². The highest BCUT2D eigenvalue weighted by atomic mass is 19.4. The maximum absolute atomic E-state index is 12.6. The van der Waals surface area contributed by atoms with Crippen LogP contribution in [0.1, 0.15) is 22.8 Å². The third-order valence-electron chi connectivity index (χ3n) is 2.60. The highest BCUT2D eigenvalue weighted by molar-refractivity contribution is 5.29. The standard InChI is InChI=1S/C13H15F5O2/c1-8-3-9(2)5-10(4-8)11(19)6-20-7-12(14,15)13(16,17)18/h3-5,11,19H,6-7H2,1-2H3. The van der Waals surface area contributed by atoms with Gasteiger partial charge < -0.3 is 9.84 Å². The fraction of sp³-hybridized carbons (Fsp3) is 0.538. The molecule has 0 aliphatic rings. The molecule has 0 heterocycles. The molecule has 1 aromatic rings. The number of hydrogen-bond acceptors (Lipinski definition) is 2. The van der Waals surface area contributed by atoms with Gasteiger partial charge in [-0.25, -0.2) is 0 Å². The Labute approximate surface area is 113 Å². The van der Waals surface area contributed by atoms with Gasteiger partial charge in [0, 0.05) is 0 Å². The van der Waals surface area contributed by atoms with Crippen molar-refractivity contribution in [3.8, 4) is 0 Å². The summed E-state index contributed by atoms with van der Waals surface area (Å²) in [5.41, 5.74) is 2.11. The van der Waals surface area contributed by atoms with Gasteiger partial charge in [-0.15, -0.1) is 0 Å². The molecule has 0 saturated heterocycles. The molecule has 1 N–H and O–H groups in total. The number of alkyl halides is 5. The minimum absolute atomic E-state index is 0.415. The van der Waals surface area contributed by atoms with Gasteiger partial charge in [-0.3, -0.25) is 0 Å². The van der Waals surface area contributed by atoms with Crippen LogP contribution >= 0.6 is 0 Å². The second kappa shape index (κ2) is 6.05. The summed E-state index contributed by atoms with van der Waals surface area (Å²) in [4.78, 5) is 0. The molecule has 1 rings (SSSR count). The van der Waals surface area contributed by atoms with Crippen molar-refractivity contribution in [2.75, 3.05) is 13.2 Å². The molecule has 2 nitrogen and oxygen atoms in total. The smallest absolute Gasteiger partial charge is 0.386 e. The molecule has 1 unspecified atom stereocenters. The Morgan fingerprint density at radius 3 is 2.00 bits per heavy atom. The molecule has 0 saturated carbocycles. The molecule has 0 bridgehead atoms. The molecular formula is C13H15F5O2. The maximum Gasteiger partial charge on any atom is 0.455 e. The number of hydrogen-bond donors (Lipinski definition) is 1. The highest BCUT2D eigenvalue weighted by Gasteiger charge is 2.57. The summed E-state index contributed by atoms with van der Waals surface area (Å²) in [5, 5.41) is 9.72. The lowest BCUT2D eigenvalue weighted by atomic mass is 10.0. The van der Waals surface area contributed by atoms with Crippen LogP contribution in [0, 0.1) is 13.8 Å². The SMILES string of the molecule is Cc1cc(C)cc(C(O)COCC(F)(F)C(F)(F)F)c1. The Morgan fingerprint density at radius 1 is 1.05 bits per heavy atom. The van der Waals surface area contributed by atoms with Crippen molar-refractivity contribution in [3.63, 3.8) is 0 Å². The van der Waals surface area contributed by atoms with Crippen LogP contribution in [0.2, 0.25) is 0 Å². The van der Waals surface area contributed by atoms with Crippen molar-refractivity contribution in [1.82, 2.24) is 0 Å². The van der Waals surface area contributed by atoms with E-state index in [0.29, 0.717) is 5.56 Å². The number of aliphatic hydroxyl groups is 1. The second-order valence-electron chi connectivity index (χ2n) is 4.65. The van der Waals surface area contributed by atoms with Crippen LogP contribution < -0.4 is 0 Å². The van der Waals surface area contributed by atoms with Crippen molar-refractivity contribution < 1.29 is 31.8 Å². The summed E-state index contributed by atoms with van der Waals surface area (Å²) >= 11 is 0. The van der Waals surface area contributed by atoms with Crippen LogP contribution in [0.5, 0.6) is 0 Å². The molecule has 1 atom stereocenters. The first-order valence-corrected chi connectivity index (χ1v) is 5.81. The van der Waals surface area contributed by atoms with E-state index in [-0.39, 0.29) is 0 Å². The average molecular weight is 298 g/mol. The molecule has 0 aliphatic carbocycles. The number of benzene rings is 1. The van der Waals surface area contributed by atoms with Crippen LogP contribution in [-0.2, 0) is 4.74 Å². The molecule has 0 radical (unpaired) electrons. The topological polar surface area (TPSA) is 29.5 Å². The summed E-state index contributed by atoms with van der Waals surface area (Å²) in [6.45, 7) is 1.12. The lowest BCUT2D eigenvalue weighted by Crippen LogP contribution is -2.41. The van der Waals surface area contributed by atoms with Gasteiger partial charge in [0.05, 0.1) is 6.61 Å². The Hall–Kier alpha value is -1.21. The molecule has 114 valence electrons. The maximum atomic E-state index is 12.6. The van der Waals surface area contributed by atoms with Crippen molar-refractivity contribution in [3.05, 3.63) is 34.9 Å². The number of halogens is 5. The summed E-state index contributed by atoms with van der Waals surface area (Å²) in [5.74, 6) is -4.92. The van der Waals surface area contributed by atoms with E-state index < -0.39 is 31.4 Å². The number of aliphatic hydroxyl groups excluding tert-OH is 1. The molecule has 1 aromatic carbocycles. The lowest BCUT2D eigenvalue weighted by Gasteiger charge is -2.20. The lowest BCUT2D eigenvalue weighted by molar-refractivity contribution is -0.297. The Kier molecular flexibility index (Phi) is 5.10. The predicted octanol–water partition coefficient (Wildman–Crippen LogP) is 3.55. The van der Waals surface area contributed by atoms with Gasteiger partial charge in [-0.1, -0.05) is 29.3 Å². The Bertz CT molecular complexity index is 436. The Morgan fingerprint density at radius 2 is 1.55 bits per heavy atom. The van der Waals surface area contributed by atoms with Crippen LogP contribution in [0.3, 0.4) is 0 Å². The quantitative estimate of drug-likeness (QED) is 0.842. The first kappa shape index (κ1) is 16.8. The Balaban J connectivity index is 2.58. The number of rotatable bonds is 5. The van der Waals surface area contributed by atoms with Gasteiger partial charge in [-0.05, 0) is 19.4 Å². The van der Waals surface area contributed by atoms with E-state index in [1.807, 2.05) is 6.07 Å². The normalized spacial score (nSPS) is 14.4. The van der Waals surface area contributed by atoms with Crippen molar-refractivity contribution in [2.45, 2.75) is 32.1 Å². The highest BCUT2D eigenvalue weighted by Crippen LogP contribution is 2.35. The number of aryl methyl sites for hydroxylation is 2. The minimum atomic E-state index is -5.65. The first-order valence-electron chi connectivity index (χ1n) is 5.81. The van der Waals surface area contributed by atoms with E-state index in [1.54, 1.807) is 26.0 Å². The third-order valence-corrected chi connectivity index (χ3v) is 2.60. The van der Waals surface area contributed by atoms with Crippen LogP contribution in [0.15, 0.2) is 18.2 Å². The zero-order chi connectivity index (χ0) is 15.6. The predicted molar refractivity (Wildman–Crippen MR) is 62.7 cm³/mol. The van der Waals surface area contributed by atoms with Gasteiger partial charge in [0.2, 0.25) is 0 Å². The zero-order valence-corrected chi connectivity index (χ0v) is 11.0. The van der Waals surface area contributed by atoms with Gasteiger partial charge in [-0.2, -0.15) is 22.0 Å². The van der Waals surface area contributed by atoms with E-state index in [4.69, 9.17) is 0 Å². The van der Waals surface area contributed by atoms with E-state index in [2.05, 4.69) is 4.74 Å². The van der Waals surface area contributed by atoms with E-state index in [0.717, 1.165) is 11.1 Å². The fourth-order valence-electron chi connectivity index (χ4n) is 1.68. The molecule has 0 spiro atoms. The van der Waals surface area contributed by atoms with Gasteiger partial charge in [0.15, 0.2) is 0 Å². The van der Waals surface area contributed by atoms with Crippen molar-refractivity contribution in [1.29, 1.82) is 0 Å². The van der Waals surface area contributed by atoms with E-state index in [9.17, 15) is 27.1 Å². The molecular weight excluding hydrogens is 283 g/mol. The summed E-state index contributed by atoms with van der Waals surface area (Å²) in [7, 11) is 0. The molecule has 7 heteroatoms. The summed E-state index contributed by atoms with van der Waals surface area (Å²) in [6.07, 6.45) is -6.91. The first-order chi connectivity index (χ1) is 9.03. The van der Waals surface area contributed by atoms with Gasteiger partial charge >= 0.3 is 12.1 Å². The van der Waals surface area contributed by atoms with Crippen molar-refractivity contribution in [2.24, 2.45) is 0 Å². The summed E-state index contributed by atoms with van der Waals surface area (Å²) < 4.78 is 65.1. The van der Waals surface area contributed by atoms with Crippen LogP contribution in [0.4, 0.5) is 22.0 Å². The molecule has 20 heavy (non-hydrogen) atoms. The molecule has 0 aromatic heterocycles. The third kappa shape index (κ3) is 4.42. The van der Waals surface area contributed by atoms with E-state index >= 15 is 0 Å². The molecule has 0 aliphatic heterocycles. The second-order valence-corrected chi connectivity index (χ2v) is 4.65. The molecule has 0 amide bonds.